The Hall–Kier alpha value is -0.910. The molecule has 0 aliphatic carbocycles. The number of imidazole rings is 1. The lowest BCUT2D eigenvalue weighted by Gasteiger charge is -2.22. The molecule has 108 valence electrons. The van der Waals surface area contributed by atoms with Gasteiger partial charge in [0.2, 0.25) is 0 Å². The Morgan fingerprint density at radius 2 is 2.30 bits per heavy atom. The topological polar surface area (TPSA) is 92.8 Å². The third-order valence-corrected chi connectivity index (χ3v) is 4.25. The van der Waals surface area contributed by atoms with E-state index < -0.39 is 30.6 Å². The maximum Gasteiger partial charge on any atom is 0.186 e. The van der Waals surface area contributed by atoms with Crippen molar-refractivity contribution in [1.29, 1.82) is 0 Å². The highest BCUT2D eigenvalue weighted by Gasteiger charge is 2.55. The number of rotatable bonds is 2. The third kappa shape index (κ3) is 1.91. The first kappa shape index (κ1) is 14.0. The van der Waals surface area contributed by atoms with Crippen LogP contribution in [0, 0.1) is 3.70 Å². The quantitative estimate of drug-likeness (QED) is 0.710. The van der Waals surface area contributed by atoms with Gasteiger partial charge in [0, 0.05) is 0 Å². The first-order valence-corrected chi connectivity index (χ1v) is 7.02. The lowest BCUT2D eigenvalue weighted by atomic mass is 9.93. The molecule has 4 atom stereocenters. The molecule has 0 unspecified atom stereocenters. The molecule has 20 heavy (non-hydrogen) atoms. The zero-order valence-electron chi connectivity index (χ0n) is 10.4. The van der Waals surface area contributed by atoms with Gasteiger partial charge in [0.1, 0.15) is 28.3 Å². The van der Waals surface area contributed by atoms with Crippen LogP contribution in [0.1, 0.15) is 18.7 Å². The minimum atomic E-state index is -2.04. The first-order valence-electron chi connectivity index (χ1n) is 5.94. The summed E-state index contributed by atoms with van der Waals surface area (Å²) < 4.78 is 22.2. The molecule has 9 heteroatoms. The van der Waals surface area contributed by atoms with E-state index in [9.17, 15) is 9.50 Å². The number of halogens is 2. The minimum Gasteiger partial charge on any atom is -0.394 e. The molecule has 1 aliphatic heterocycles. The lowest BCUT2D eigenvalue weighted by Crippen LogP contribution is -2.39. The molecule has 1 aliphatic rings. The van der Waals surface area contributed by atoms with Crippen LogP contribution < -0.4 is 0 Å². The number of ether oxygens (including phenoxy) is 1. The SMILES string of the molecule is C[C@@]1(F)[C@H](O)[C@@H](CO)O[C@H]1c1cnc2c(I)ncnn12. The number of aromatic nitrogens is 4. The smallest absolute Gasteiger partial charge is 0.186 e. The molecule has 1 saturated heterocycles. The van der Waals surface area contributed by atoms with E-state index in [1.807, 2.05) is 22.6 Å². The number of aliphatic hydroxyl groups excluding tert-OH is 2. The van der Waals surface area contributed by atoms with Crippen LogP contribution >= 0.6 is 22.6 Å². The van der Waals surface area contributed by atoms with Gasteiger partial charge in [-0.25, -0.2) is 18.9 Å². The van der Waals surface area contributed by atoms with E-state index in [4.69, 9.17) is 9.84 Å². The Kier molecular flexibility index (Phi) is 3.39. The first-order chi connectivity index (χ1) is 9.46. The molecule has 0 spiro atoms. The van der Waals surface area contributed by atoms with Crippen molar-refractivity contribution in [2.75, 3.05) is 6.61 Å². The zero-order valence-corrected chi connectivity index (χ0v) is 12.6. The Balaban J connectivity index is 2.10. The molecular formula is C11H12FIN4O3. The molecule has 0 saturated carbocycles. The summed E-state index contributed by atoms with van der Waals surface area (Å²) in [4.78, 5) is 8.14. The number of aliphatic hydroxyl groups is 2. The van der Waals surface area contributed by atoms with E-state index in [0.29, 0.717) is 15.0 Å². The average Bonchev–Trinajstić information content (AvgIpc) is 2.92. The van der Waals surface area contributed by atoms with Crippen LogP contribution in [0.15, 0.2) is 12.5 Å². The molecule has 3 heterocycles. The highest BCUT2D eigenvalue weighted by atomic mass is 127. The van der Waals surface area contributed by atoms with Crippen molar-refractivity contribution < 1.29 is 19.3 Å². The van der Waals surface area contributed by atoms with E-state index >= 15 is 0 Å². The Morgan fingerprint density at radius 1 is 1.55 bits per heavy atom. The van der Waals surface area contributed by atoms with E-state index in [1.54, 1.807) is 0 Å². The summed E-state index contributed by atoms with van der Waals surface area (Å²) in [6.45, 7) is 0.782. The van der Waals surface area contributed by atoms with Gasteiger partial charge in [-0.3, -0.25) is 0 Å². The van der Waals surface area contributed by atoms with Crippen molar-refractivity contribution in [3.05, 3.63) is 21.9 Å². The van der Waals surface area contributed by atoms with Crippen LogP contribution in [-0.4, -0.2) is 54.3 Å². The second kappa shape index (κ2) is 4.83. The molecule has 7 nitrogen and oxygen atoms in total. The van der Waals surface area contributed by atoms with Gasteiger partial charge in [-0.05, 0) is 29.5 Å². The highest BCUT2D eigenvalue weighted by Crippen LogP contribution is 2.44. The van der Waals surface area contributed by atoms with Crippen molar-refractivity contribution in [3.63, 3.8) is 0 Å². The van der Waals surface area contributed by atoms with Gasteiger partial charge >= 0.3 is 0 Å². The molecule has 0 amide bonds. The Morgan fingerprint density at radius 3 is 2.95 bits per heavy atom. The van der Waals surface area contributed by atoms with E-state index in [-0.39, 0.29) is 0 Å². The van der Waals surface area contributed by atoms with E-state index in [1.165, 1.54) is 24.0 Å². The minimum absolute atomic E-state index is 0.375. The summed E-state index contributed by atoms with van der Waals surface area (Å²) in [5, 5.41) is 23.1. The molecule has 0 radical (unpaired) electrons. The monoisotopic (exact) mass is 394 g/mol. The van der Waals surface area contributed by atoms with Crippen LogP contribution in [0.2, 0.25) is 0 Å². The normalized spacial score (nSPS) is 34.0. The zero-order chi connectivity index (χ0) is 14.5. The van der Waals surface area contributed by atoms with Gasteiger partial charge in [0.15, 0.2) is 11.3 Å². The van der Waals surface area contributed by atoms with Crippen molar-refractivity contribution in [1.82, 2.24) is 19.6 Å². The molecule has 0 bridgehead atoms. The van der Waals surface area contributed by atoms with Crippen LogP contribution in [0.4, 0.5) is 4.39 Å². The van der Waals surface area contributed by atoms with Crippen molar-refractivity contribution in [2.24, 2.45) is 0 Å². The Labute approximate surface area is 126 Å². The number of hydrogen-bond donors (Lipinski definition) is 2. The largest absolute Gasteiger partial charge is 0.394 e. The number of alkyl halides is 1. The standard InChI is InChI=1S/C11H12FIN4O3/c1-11(12)7(19)6(3-18)20-8(11)5-2-14-10-9(13)15-4-16-17(5)10/h2,4,6-8,18-19H,3H2,1H3/t6-,7-,8+,11-/m1/s1. The molecule has 2 aromatic rings. The summed E-state index contributed by atoms with van der Waals surface area (Å²) in [6.07, 6.45) is -0.660. The number of fused-ring (bicyclic) bond motifs is 1. The fourth-order valence-electron chi connectivity index (χ4n) is 2.39. The molecule has 2 N–H and O–H groups in total. The summed E-state index contributed by atoms with van der Waals surface area (Å²) in [6, 6.07) is 0. The highest BCUT2D eigenvalue weighted by molar-refractivity contribution is 14.1. The summed E-state index contributed by atoms with van der Waals surface area (Å²) in [7, 11) is 0. The third-order valence-electron chi connectivity index (χ3n) is 3.49. The Bertz CT molecular complexity index is 650. The molecule has 3 rings (SSSR count). The van der Waals surface area contributed by atoms with Crippen molar-refractivity contribution >= 4 is 28.2 Å². The van der Waals surface area contributed by atoms with Gasteiger partial charge in [0.05, 0.1) is 18.5 Å². The van der Waals surface area contributed by atoms with Crippen molar-refractivity contribution in [3.8, 4) is 0 Å². The lowest BCUT2D eigenvalue weighted by molar-refractivity contribution is -0.0248. The molecule has 2 aromatic heterocycles. The van der Waals surface area contributed by atoms with E-state index in [2.05, 4.69) is 15.1 Å². The predicted molar refractivity (Wildman–Crippen MR) is 73.7 cm³/mol. The maximum absolute atomic E-state index is 14.7. The fraction of sp³-hybridized carbons (Fsp3) is 0.545. The summed E-state index contributed by atoms with van der Waals surface area (Å²) >= 11 is 2.00. The van der Waals surface area contributed by atoms with Gasteiger partial charge in [-0.15, -0.1) is 0 Å². The molecular weight excluding hydrogens is 382 g/mol. The van der Waals surface area contributed by atoms with Crippen LogP contribution in [0.5, 0.6) is 0 Å². The van der Waals surface area contributed by atoms with Crippen molar-refractivity contribution in [2.45, 2.75) is 30.9 Å². The molecule has 0 aromatic carbocycles. The van der Waals surface area contributed by atoms with Crippen LogP contribution in [0.3, 0.4) is 0 Å². The van der Waals surface area contributed by atoms with Gasteiger partial charge in [0.25, 0.3) is 0 Å². The van der Waals surface area contributed by atoms with Gasteiger partial charge < -0.3 is 14.9 Å². The number of nitrogens with zero attached hydrogens (tertiary/aromatic N) is 4. The van der Waals surface area contributed by atoms with E-state index in [0.717, 1.165) is 0 Å². The van der Waals surface area contributed by atoms with Gasteiger partial charge in [-0.2, -0.15) is 5.10 Å². The number of hydrogen-bond acceptors (Lipinski definition) is 6. The van der Waals surface area contributed by atoms with Crippen LogP contribution in [-0.2, 0) is 4.74 Å². The predicted octanol–water partition coefficient (Wildman–Crippen LogP) is 0.250. The maximum atomic E-state index is 14.7. The second-order valence-corrected chi connectivity index (χ2v) is 5.82. The summed E-state index contributed by atoms with van der Waals surface area (Å²) in [5.41, 5.74) is -1.18. The fourth-order valence-corrected chi connectivity index (χ4v) is 2.88. The average molecular weight is 394 g/mol. The summed E-state index contributed by atoms with van der Waals surface area (Å²) in [5.74, 6) is 0. The second-order valence-electron chi connectivity index (χ2n) is 4.80. The van der Waals surface area contributed by atoms with Gasteiger partial charge in [-0.1, -0.05) is 0 Å². The molecule has 1 fully saturated rings. The van der Waals surface area contributed by atoms with Crippen LogP contribution in [0.25, 0.3) is 5.65 Å².